The van der Waals surface area contributed by atoms with E-state index in [1.807, 2.05) is 0 Å². The third-order valence-electron chi connectivity index (χ3n) is 1.61. The van der Waals surface area contributed by atoms with E-state index in [1.165, 1.54) is 0 Å². The third-order valence-corrected chi connectivity index (χ3v) is 3.80. The first-order valence-electron chi connectivity index (χ1n) is 4.16. The van der Waals surface area contributed by atoms with Crippen molar-refractivity contribution in [2.24, 2.45) is 10.9 Å². The second-order valence-electron chi connectivity index (χ2n) is 3.85. The van der Waals surface area contributed by atoms with Crippen LogP contribution in [0.4, 0.5) is 0 Å². The number of sulfonamides is 1. The van der Waals surface area contributed by atoms with Gasteiger partial charge in [-0.1, -0.05) is 5.16 Å². The fraction of sp³-hybridized carbons (Fsp3) is 0.857. The summed E-state index contributed by atoms with van der Waals surface area (Å²) < 4.78 is 24.5. The van der Waals surface area contributed by atoms with Crippen LogP contribution in [-0.4, -0.2) is 30.8 Å². The molecule has 6 nitrogen and oxygen atoms in total. The highest BCUT2D eigenvalue weighted by molar-refractivity contribution is 7.90. The first-order chi connectivity index (χ1) is 6.20. The van der Waals surface area contributed by atoms with Crippen LogP contribution in [0.25, 0.3) is 0 Å². The van der Waals surface area contributed by atoms with Gasteiger partial charge in [-0.05, 0) is 20.8 Å². The maximum Gasteiger partial charge on any atom is 0.216 e. The smallest absolute Gasteiger partial charge is 0.216 e. The van der Waals surface area contributed by atoms with Crippen LogP contribution < -0.4 is 10.5 Å². The summed E-state index contributed by atoms with van der Waals surface area (Å²) >= 11 is 0. The molecule has 0 heterocycles. The Bertz CT molecular complexity index is 303. The minimum atomic E-state index is -3.34. The van der Waals surface area contributed by atoms with E-state index in [0.717, 1.165) is 0 Å². The Labute approximate surface area is 84.2 Å². The number of hydrogen-bond acceptors (Lipinski definition) is 4. The SMILES string of the molecule is CC(C)(C)S(=O)(=O)NCCC(N)=NO. The zero-order valence-corrected chi connectivity index (χ0v) is 9.43. The molecule has 0 aliphatic rings. The van der Waals surface area contributed by atoms with Gasteiger partial charge in [-0.3, -0.25) is 0 Å². The van der Waals surface area contributed by atoms with Crippen molar-refractivity contribution in [1.29, 1.82) is 0 Å². The zero-order valence-electron chi connectivity index (χ0n) is 8.61. The summed E-state index contributed by atoms with van der Waals surface area (Å²) in [6, 6.07) is 0. The van der Waals surface area contributed by atoms with Gasteiger partial charge in [0, 0.05) is 13.0 Å². The van der Waals surface area contributed by atoms with Crippen molar-refractivity contribution in [3.05, 3.63) is 0 Å². The number of oxime groups is 1. The van der Waals surface area contributed by atoms with E-state index in [0.29, 0.717) is 0 Å². The molecular weight excluding hydrogens is 206 g/mol. The number of nitrogens with zero attached hydrogens (tertiary/aromatic N) is 1. The summed E-state index contributed by atoms with van der Waals surface area (Å²) in [5, 5.41) is 10.9. The van der Waals surface area contributed by atoms with Gasteiger partial charge in [-0.15, -0.1) is 0 Å². The van der Waals surface area contributed by atoms with Gasteiger partial charge < -0.3 is 10.9 Å². The molecule has 0 spiro atoms. The van der Waals surface area contributed by atoms with E-state index in [2.05, 4.69) is 9.88 Å². The molecule has 0 unspecified atom stereocenters. The zero-order chi connectivity index (χ0) is 11.4. The lowest BCUT2D eigenvalue weighted by Gasteiger charge is -2.19. The molecule has 84 valence electrons. The van der Waals surface area contributed by atoms with Crippen molar-refractivity contribution in [2.75, 3.05) is 6.54 Å². The molecule has 7 heteroatoms. The monoisotopic (exact) mass is 223 g/mol. The summed E-state index contributed by atoms with van der Waals surface area (Å²) in [5.41, 5.74) is 5.18. The Kier molecular flexibility index (Phi) is 4.34. The molecule has 0 aromatic carbocycles. The van der Waals surface area contributed by atoms with E-state index < -0.39 is 14.8 Å². The van der Waals surface area contributed by atoms with Crippen molar-refractivity contribution in [3.8, 4) is 0 Å². The van der Waals surface area contributed by atoms with E-state index in [1.54, 1.807) is 20.8 Å². The Morgan fingerprint density at radius 3 is 2.36 bits per heavy atom. The number of rotatable bonds is 4. The van der Waals surface area contributed by atoms with E-state index in [9.17, 15) is 8.42 Å². The van der Waals surface area contributed by atoms with Crippen molar-refractivity contribution < 1.29 is 13.6 Å². The van der Waals surface area contributed by atoms with Crippen LogP contribution in [-0.2, 0) is 10.0 Å². The molecule has 4 N–H and O–H groups in total. The summed E-state index contributed by atoms with van der Waals surface area (Å²) in [6.07, 6.45) is 0.186. The second-order valence-corrected chi connectivity index (χ2v) is 6.37. The third kappa shape index (κ3) is 3.93. The molecule has 0 atom stereocenters. The fourth-order valence-electron chi connectivity index (χ4n) is 0.580. The van der Waals surface area contributed by atoms with Crippen LogP contribution >= 0.6 is 0 Å². The highest BCUT2D eigenvalue weighted by Gasteiger charge is 2.28. The largest absolute Gasteiger partial charge is 0.409 e. The van der Waals surface area contributed by atoms with Gasteiger partial charge in [0.05, 0.1) is 4.75 Å². The number of nitrogens with two attached hydrogens (primary N) is 1. The highest BCUT2D eigenvalue weighted by Crippen LogP contribution is 2.12. The summed E-state index contributed by atoms with van der Waals surface area (Å²) in [7, 11) is -3.34. The van der Waals surface area contributed by atoms with Gasteiger partial charge >= 0.3 is 0 Å². The molecule has 0 fully saturated rings. The average Bonchev–Trinajstić information content (AvgIpc) is 2.01. The van der Waals surface area contributed by atoms with Gasteiger partial charge in [0.2, 0.25) is 10.0 Å². The first kappa shape index (κ1) is 13.2. The summed E-state index contributed by atoms with van der Waals surface area (Å²) in [5.74, 6) is 0.00149. The normalized spacial score (nSPS) is 14.4. The lowest BCUT2D eigenvalue weighted by atomic mass is 10.3. The molecule has 0 saturated carbocycles. The van der Waals surface area contributed by atoms with Crippen LogP contribution in [0.1, 0.15) is 27.2 Å². The number of amidine groups is 1. The molecule has 0 rings (SSSR count). The number of nitrogens with one attached hydrogen (secondary N) is 1. The molecule has 0 radical (unpaired) electrons. The molecule has 14 heavy (non-hydrogen) atoms. The van der Waals surface area contributed by atoms with E-state index in [4.69, 9.17) is 10.9 Å². The van der Waals surface area contributed by atoms with Crippen molar-refractivity contribution in [2.45, 2.75) is 31.9 Å². The number of hydrogen-bond donors (Lipinski definition) is 3. The second kappa shape index (κ2) is 4.61. The van der Waals surface area contributed by atoms with Crippen LogP contribution in [0.3, 0.4) is 0 Å². The Morgan fingerprint density at radius 1 is 1.50 bits per heavy atom. The Morgan fingerprint density at radius 2 is 2.00 bits per heavy atom. The predicted octanol–water partition coefficient (Wildman–Crippen LogP) is -0.159. The van der Waals surface area contributed by atoms with Gasteiger partial charge in [-0.2, -0.15) is 0 Å². The molecule has 0 saturated heterocycles. The molecule has 0 aromatic heterocycles. The van der Waals surface area contributed by atoms with Crippen molar-refractivity contribution in [1.82, 2.24) is 4.72 Å². The van der Waals surface area contributed by atoms with Crippen molar-refractivity contribution in [3.63, 3.8) is 0 Å². The molecule has 0 aromatic rings. The highest BCUT2D eigenvalue weighted by atomic mass is 32.2. The molecule has 0 aliphatic carbocycles. The fourth-order valence-corrected chi connectivity index (χ4v) is 1.38. The molecule has 0 aliphatic heterocycles. The van der Waals surface area contributed by atoms with Crippen LogP contribution in [0, 0.1) is 0 Å². The van der Waals surface area contributed by atoms with Gasteiger partial charge in [-0.25, -0.2) is 13.1 Å². The van der Waals surface area contributed by atoms with Crippen LogP contribution in [0.15, 0.2) is 5.16 Å². The summed E-state index contributed by atoms with van der Waals surface area (Å²) in [4.78, 5) is 0. The van der Waals surface area contributed by atoms with Crippen LogP contribution in [0.5, 0.6) is 0 Å². The minimum Gasteiger partial charge on any atom is -0.409 e. The Balaban J connectivity index is 4.16. The lowest BCUT2D eigenvalue weighted by Crippen LogP contribution is -2.40. The molecular formula is C7H17N3O3S. The minimum absolute atomic E-state index is 0.00149. The molecule has 0 amide bonds. The van der Waals surface area contributed by atoms with Crippen molar-refractivity contribution >= 4 is 15.9 Å². The standard InChI is InChI=1S/C7H17N3O3S/c1-7(2,3)14(12,13)9-5-4-6(8)10-11/h9,11H,4-5H2,1-3H3,(H2,8,10). The topological polar surface area (TPSA) is 105 Å². The van der Waals surface area contributed by atoms with E-state index >= 15 is 0 Å². The first-order valence-corrected chi connectivity index (χ1v) is 5.64. The quantitative estimate of drug-likeness (QED) is 0.266. The Hall–Kier alpha value is -0.820. The predicted molar refractivity (Wildman–Crippen MR) is 54.7 cm³/mol. The summed E-state index contributed by atoms with van der Waals surface area (Å²) in [6.45, 7) is 4.92. The van der Waals surface area contributed by atoms with Gasteiger partial charge in [0.15, 0.2) is 0 Å². The van der Waals surface area contributed by atoms with Gasteiger partial charge in [0.1, 0.15) is 5.84 Å². The maximum absolute atomic E-state index is 11.5. The molecule has 0 bridgehead atoms. The maximum atomic E-state index is 11.5. The van der Waals surface area contributed by atoms with Gasteiger partial charge in [0.25, 0.3) is 0 Å². The van der Waals surface area contributed by atoms with E-state index in [-0.39, 0.29) is 18.8 Å². The average molecular weight is 223 g/mol. The van der Waals surface area contributed by atoms with Crippen LogP contribution in [0.2, 0.25) is 0 Å². The lowest BCUT2D eigenvalue weighted by molar-refractivity contribution is 0.317.